The molecule has 2 aromatic heterocycles. The lowest BCUT2D eigenvalue weighted by Gasteiger charge is -2.02. The number of methoxy groups -OCH3 is 1. The molecule has 8 nitrogen and oxygen atoms in total. The van der Waals surface area contributed by atoms with Gasteiger partial charge in [0.25, 0.3) is 0 Å². The number of carboxylic acids is 1. The summed E-state index contributed by atoms with van der Waals surface area (Å²) in [6.07, 6.45) is -0.190. The summed E-state index contributed by atoms with van der Waals surface area (Å²) in [5, 5.41) is 21.4. The first kappa shape index (κ1) is 15.2. The average Bonchev–Trinajstić information content (AvgIpc) is 2.84. The zero-order valence-electron chi connectivity index (χ0n) is 10.7. The van der Waals surface area contributed by atoms with E-state index in [-0.39, 0.29) is 23.0 Å². The van der Waals surface area contributed by atoms with Crippen LogP contribution in [0.2, 0.25) is 0 Å². The van der Waals surface area contributed by atoms with Crippen LogP contribution in [0.15, 0.2) is 26.9 Å². The van der Waals surface area contributed by atoms with Crippen LogP contribution in [0.1, 0.15) is 5.69 Å². The van der Waals surface area contributed by atoms with E-state index >= 15 is 0 Å². The van der Waals surface area contributed by atoms with Crippen LogP contribution in [0.5, 0.6) is 5.88 Å². The van der Waals surface area contributed by atoms with Gasteiger partial charge in [0, 0.05) is 17.5 Å². The largest absolute Gasteiger partial charge is 0.481 e. The van der Waals surface area contributed by atoms with Gasteiger partial charge in [0.15, 0.2) is 9.37 Å². The smallest absolute Gasteiger partial charge is 0.309 e. The molecule has 0 aliphatic heterocycles. The number of nitrogens with zero attached hydrogens (tertiary/aromatic N) is 3. The summed E-state index contributed by atoms with van der Waals surface area (Å²) >= 11 is 2.21. The van der Waals surface area contributed by atoms with Crippen molar-refractivity contribution in [1.82, 2.24) is 9.97 Å². The number of aliphatic carboxylic acids is 1. The van der Waals surface area contributed by atoms with Crippen LogP contribution in [-0.4, -0.2) is 33.1 Å². The van der Waals surface area contributed by atoms with E-state index in [0.717, 1.165) is 11.8 Å². The predicted octanol–water partition coefficient (Wildman–Crippen LogP) is 2.23. The molecule has 0 bridgehead atoms. The molecule has 0 fully saturated rings. The Labute approximate surface area is 127 Å². The van der Waals surface area contributed by atoms with Gasteiger partial charge in [-0.1, -0.05) is 0 Å². The maximum atomic E-state index is 11.0. The fourth-order valence-electron chi connectivity index (χ4n) is 1.40. The van der Waals surface area contributed by atoms with Crippen LogP contribution in [0.3, 0.4) is 0 Å². The molecule has 0 saturated heterocycles. The molecule has 21 heavy (non-hydrogen) atoms. The Kier molecular flexibility index (Phi) is 4.70. The molecule has 2 heterocycles. The van der Waals surface area contributed by atoms with Crippen molar-refractivity contribution in [2.75, 3.05) is 7.11 Å². The lowest BCUT2D eigenvalue weighted by molar-refractivity contribution is -0.388. The maximum Gasteiger partial charge on any atom is 0.309 e. The van der Waals surface area contributed by atoms with Crippen molar-refractivity contribution in [1.29, 1.82) is 0 Å². The van der Waals surface area contributed by atoms with Gasteiger partial charge in [-0.15, -0.1) is 11.3 Å². The second-order valence-corrected chi connectivity index (χ2v) is 5.81. The molecular formula is C11H9N3O5S2. The third-order valence-corrected chi connectivity index (χ3v) is 4.25. The van der Waals surface area contributed by atoms with E-state index in [1.807, 2.05) is 0 Å². The minimum Gasteiger partial charge on any atom is -0.481 e. The van der Waals surface area contributed by atoms with E-state index in [1.54, 1.807) is 5.38 Å². The van der Waals surface area contributed by atoms with Gasteiger partial charge in [-0.05, 0) is 11.8 Å². The lowest BCUT2D eigenvalue weighted by atomic mass is 10.3. The van der Waals surface area contributed by atoms with Crippen LogP contribution < -0.4 is 4.74 Å². The predicted molar refractivity (Wildman–Crippen MR) is 75.0 cm³/mol. The number of hydrogen-bond donors (Lipinski definition) is 1. The van der Waals surface area contributed by atoms with Crippen molar-refractivity contribution < 1.29 is 19.6 Å². The van der Waals surface area contributed by atoms with E-state index in [9.17, 15) is 14.9 Å². The van der Waals surface area contributed by atoms with Gasteiger partial charge in [0.2, 0.25) is 5.88 Å². The van der Waals surface area contributed by atoms with Gasteiger partial charge >= 0.3 is 11.7 Å². The molecule has 0 atom stereocenters. The molecule has 2 rings (SSSR count). The fraction of sp³-hybridized carbons (Fsp3) is 0.182. The van der Waals surface area contributed by atoms with Gasteiger partial charge in [0.1, 0.15) is 0 Å². The highest BCUT2D eigenvalue weighted by molar-refractivity contribution is 8.01. The monoisotopic (exact) mass is 327 g/mol. The molecule has 0 aromatic carbocycles. The average molecular weight is 327 g/mol. The van der Waals surface area contributed by atoms with Gasteiger partial charge in [-0.3, -0.25) is 14.9 Å². The second kappa shape index (κ2) is 6.50. The molecular weight excluding hydrogens is 318 g/mol. The molecule has 2 aromatic rings. The van der Waals surface area contributed by atoms with Crippen molar-refractivity contribution >= 4 is 34.8 Å². The molecule has 0 saturated carbocycles. The van der Waals surface area contributed by atoms with Crippen molar-refractivity contribution in [3.8, 4) is 5.88 Å². The van der Waals surface area contributed by atoms with Gasteiger partial charge in [0.05, 0.1) is 24.1 Å². The molecule has 10 heteroatoms. The number of rotatable bonds is 6. The fourth-order valence-corrected chi connectivity index (χ4v) is 3.23. The first-order valence-electron chi connectivity index (χ1n) is 5.53. The number of aromatic nitrogens is 2. The third-order valence-electron chi connectivity index (χ3n) is 2.27. The van der Waals surface area contributed by atoms with E-state index in [0.29, 0.717) is 10.0 Å². The summed E-state index contributed by atoms with van der Waals surface area (Å²) in [6, 6.07) is 2.71. The topological polar surface area (TPSA) is 115 Å². The van der Waals surface area contributed by atoms with Crippen LogP contribution >= 0.6 is 23.1 Å². The molecule has 0 radical (unpaired) electrons. The molecule has 0 aliphatic carbocycles. The lowest BCUT2D eigenvalue weighted by Crippen LogP contribution is -2.00. The highest BCUT2D eigenvalue weighted by atomic mass is 32.2. The van der Waals surface area contributed by atoms with Crippen LogP contribution in [-0.2, 0) is 11.2 Å². The number of carbonyl (C=O) groups is 1. The van der Waals surface area contributed by atoms with E-state index in [2.05, 4.69) is 9.97 Å². The molecule has 110 valence electrons. The Morgan fingerprint density at radius 3 is 2.90 bits per heavy atom. The first-order chi connectivity index (χ1) is 9.99. The molecule has 0 unspecified atom stereocenters. The van der Waals surface area contributed by atoms with E-state index in [4.69, 9.17) is 9.84 Å². The number of nitro groups is 1. The maximum absolute atomic E-state index is 11.0. The SMILES string of the molecule is COc1ccc([N+](=O)[O-])c(Sc2nc(CC(=O)O)cs2)n1. The summed E-state index contributed by atoms with van der Waals surface area (Å²) in [4.78, 5) is 29.2. The van der Waals surface area contributed by atoms with Crippen LogP contribution in [0.25, 0.3) is 0 Å². The van der Waals surface area contributed by atoms with Crippen LogP contribution in [0.4, 0.5) is 5.69 Å². The van der Waals surface area contributed by atoms with Gasteiger partial charge in [-0.25, -0.2) is 4.98 Å². The highest BCUT2D eigenvalue weighted by Crippen LogP contribution is 2.36. The zero-order valence-corrected chi connectivity index (χ0v) is 12.3. The zero-order chi connectivity index (χ0) is 15.4. The standard InChI is InChI=1S/C11H9N3O5S2/c1-19-8-3-2-7(14(17)18)10(13-8)21-11-12-6(5-20-11)4-9(15)16/h2-3,5H,4H2,1H3,(H,15,16). The molecule has 0 aliphatic rings. The third kappa shape index (κ3) is 3.89. The Morgan fingerprint density at radius 2 is 2.29 bits per heavy atom. The number of carboxylic acid groups (broad SMARTS) is 1. The Balaban J connectivity index is 2.27. The summed E-state index contributed by atoms with van der Waals surface area (Å²) in [5.41, 5.74) is 0.247. The number of ether oxygens (including phenoxy) is 1. The normalized spacial score (nSPS) is 10.3. The summed E-state index contributed by atoms with van der Waals surface area (Å²) in [5.74, 6) is -0.729. The first-order valence-corrected chi connectivity index (χ1v) is 7.22. The van der Waals surface area contributed by atoms with Crippen LogP contribution in [0, 0.1) is 10.1 Å². The van der Waals surface area contributed by atoms with E-state index < -0.39 is 10.9 Å². The summed E-state index contributed by atoms with van der Waals surface area (Å²) in [6.45, 7) is 0. The number of pyridine rings is 1. The summed E-state index contributed by atoms with van der Waals surface area (Å²) < 4.78 is 5.42. The van der Waals surface area contributed by atoms with Crippen molar-refractivity contribution in [3.63, 3.8) is 0 Å². The summed E-state index contributed by atoms with van der Waals surface area (Å²) in [7, 11) is 1.41. The Bertz CT molecular complexity index is 688. The van der Waals surface area contributed by atoms with Crippen molar-refractivity contribution in [2.24, 2.45) is 0 Å². The quantitative estimate of drug-likeness (QED) is 0.634. The Hall–Kier alpha value is -2.20. The molecule has 1 N–H and O–H groups in total. The second-order valence-electron chi connectivity index (χ2n) is 3.71. The Morgan fingerprint density at radius 1 is 1.52 bits per heavy atom. The van der Waals surface area contributed by atoms with Crippen molar-refractivity contribution in [3.05, 3.63) is 33.3 Å². The van der Waals surface area contributed by atoms with Gasteiger partial charge < -0.3 is 9.84 Å². The van der Waals surface area contributed by atoms with Crippen molar-refractivity contribution in [2.45, 2.75) is 15.8 Å². The number of hydrogen-bond acceptors (Lipinski definition) is 8. The minimum atomic E-state index is -0.984. The molecule has 0 amide bonds. The molecule has 0 spiro atoms. The highest BCUT2D eigenvalue weighted by Gasteiger charge is 2.19. The van der Waals surface area contributed by atoms with Gasteiger partial charge in [-0.2, -0.15) is 4.98 Å². The minimum absolute atomic E-state index is 0.149. The van der Waals surface area contributed by atoms with E-state index in [1.165, 1.54) is 30.6 Å². The number of thiazole rings is 1.